The molecular weight excluding hydrogens is 901 g/mol. The maximum Gasteiger partial charge on any atom is 0.0968 e. The standard InChI is InChI=1S/C15H14N2S.C14H14N4.C12H14N4.C12H12N2S2/c1-2-10-11-5-3-7-16-14(11)15-12(13(10)9-18)6-4-8-17-15;15-7-11-9-3-1-5-17-13(9)14-10(12(11)8-16)4-2-6-18-14;13-7-9-1-3-15-11(5-9)12-6-10(8-14)2-4-16-12;15-7-9-1-3-13-11(5-9)12-6-10(8-16)2-4-14-12/h3-8,18H,2,9H2,1H3;1-6H,7-8,15-16H2;1-6H,7-8,13-14H2;1-6,15-16H,7-8H2. The van der Waals surface area contributed by atoms with Crippen LogP contribution in [0, 0.1) is 0 Å². The molecule has 8 aromatic heterocycles. The van der Waals surface area contributed by atoms with Crippen LogP contribution in [0.1, 0.15) is 51.4 Å². The lowest BCUT2D eigenvalue weighted by Gasteiger charge is -2.13. The predicted molar refractivity (Wildman–Crippen MR) is 288 cm³/mol. The number of aromatic nitrogens is 8. The third-order valence-electron chi connectivity index (χ3n) is 11.3. The molecule has 0 aliphatic heterocycles. The van der Waals surface area contributed by atoms with Crippen LogP contribution in [0.4, 0.5) is 0 Å². The lowest BCUT2D eigenvalue weighted by atomic mass is 9.96. The maximum atomic E-state index is 5.88. The van der Waals surface area contributed by atoms with Gasteiger partial charge < -0.3 is 22.9 Å². The fourth-order valence-corrected chi connectivity index (χ4v) is 8.71. The number of nitrogens with two attached hydrogens (primary N) is 4. The average molecular weight is 955 g/mol. The third kappa shape index (κ3) is 11.5. The number of rotatable bonds is 10. The molecule has 0 amide bonds. The van der Waals surface area contributed by atoms with E-state index in [9.17, 15) is 0 Å². The third-order valence-corrected chi connectivity index (χ3v) is 12.3. The molecule has 0 atom stereocenters. The minimum atomic E-state index is 0.458. The van der Waals surface area contributed by atoms with E-state index in [-0.39, 0.29) is 0 Å². The fourth-order valence-electron chi connectivity index (χ4n) is 7.96. The summed E-state index contributed by atoms with van der Waals surface area (Å²) in [7, 11) is 0. The zero-order valence-electron chi connectivity index (χ0n) is 37.7. The molecule has 0 aliphatic carbocycles. The van der Waals surface area contributed by atoms with Crippen molar-refractivity contribution in [2.24, 2.45) is 22.9 Å². The van der Waals surface area contributed by atoms with Gasteiger partial charge in [-0.15, -0.1) is 0 Å². The summed E-state index contributed by atoms with van der Waals surface area (Å²) >= 11 is 13.0. The van der Waals surface area contributed by atoms with Crippen molar-refractivity contribution >= 4 is 81.5 Å². The second-order valence-corrected chi connectivity index (χ2v) is 16.3. The Kier molecular flexibility index (Phi) is 17.9. The van der Waals surface area contributed by atoms with Gasteiger partial charge in [0.05, 0.1) is 44.8 Å². The molecule has 344 valence electrons. The Morgan fingerprint density at radius 3 is 0.941 bits per heavy atom. The molecule has 8 heterocycles. The number of hydrogen-bond donors (Lipinski definition) is 7. The lowest BCUT2D eigenvalue weighted by molar-refractivity contribution is 1.00. The van der Waals surface area contributed by atoms with Gasteiger partial charge in [0.1, 0.15) is 0 Å². The van der Waals surface area contributed by atoms with Crippen LogP contribution in [0.15, 0.2) is 147 Å². The van der Waals surface area contributed by atoms with Crippen molar-refractivity contribution in [3.63, 3.8) is 0 Å². The molecule has 0 bridgehead atoms. The van der Waals surface area contributed by atoms with E-state index in [0.29, 0.717) is 37.7 Å². The molecule has 2 aromatic carbocycles. The Labute approximate surface area is 412 Å². The highest BCUT2D eigenvalue weighted by molar-refractivity contribution is 7.79. The number of hydrogen-bond acceptors (Lipinski definition) is 15. The largest absolute Gasteiger partial charge is 0.326 e. The first-order chi connectivity index (χ1) is 33.4. The van der Waals surface area contributed by atoms with Crippen LogP contribution in [-0.2, 0) is 49.9 Å². The zero-order chi connectivity index (χ0) is 47.8. The zero-order valence-corrected chi connectivity index (χ0v) is 40.4. The lowest BCUT2D eigenvalue weighted by Crippen LogP contribution is -2.08. The van der Waals surface area contributed by atoms with E-state index in [1.54, 1.807) is 37.2 Å². The molecule has 0 unspecified atom stereocenters. The van der Waals surface area contributed by atoms with Crippen LogP contribution < -0.4 is 22.9 Å². The predicted octanol–water partition coefficient (Wildman–Crippen LogP) is 9.54. The van der Waals surface area contributed by atoms with E-state index < -0.39 is 0 Å². The van der Waals surface area contributed by atoms with Crippen LogP contribution in [0.25, 0.3) is 66.4 Å². The number of nitrogens with zero attached hydrogens (tertiary/aromatic N) is 8. The van der Waals surface area contributed by atoms with Crippen LogP contribution in [0.2, 0.25) is 0 Å². The summed E-state index contributed by atoms with van der Waals surface area (Å²) < 4.78 is 0. The molecule has 0 fully saturated rings. The van der Waals surface area contributed by atoms with E-state index in [2.05, 4.69) is 96.8 Å². The quantitative estimate of drug-likeness (QED) is 0.0506. The Morgan fingerprint density at radius 2 is 0.647 bits per heavy atom. The SMILES string of the molecule is CCc1c(CS)c2cccnc2c2ncccc12.NCc1c(CN)c2cccnc2c2ncccc12.NCc1ccnc(-c2cc(CN)ccn2)c1.SCc1ccnc(-c2cc(CS)ccn2)c1. The topological polar surface area (TPSA) is 207 Å². The van der Waals surface area contributed by atoms with Crippen molar-refractivity contribution in [2.45, 2.75) is 56.8 Å². The summed E-state index contributed by atoms with van der Waals surface area (Å²) in [6, 6.07) is 31.7. The maximum absolute atomic E-state index is 5.88. The normalized spacial score (nSPS) is 10.8. The molecule has 0 saturated heterocycles. The van der Waals surface area contributed by atoms with Crippen molar-refractivity contribution in [2.75, 3.05) is 0 Å². The molecule has 12 nitrogen and oxygen atoms in total. The first-order valence-corrected chi connectivity index (χ1v) is 24.0. The molecule has 68 heavy (non-hydrogen) atoms. The fraction of sp³-hybridized carbons (Fsp3) is 0.170. The summed E-state index contributed by atoms with van der Waals surface area (Å²) in [6.07, 6.45) is 15.3. The summed E-state index contributed by atoms with van der Waals surface area (Å²) in [5.74, 6) is 2.15. The second-order valence-electron chi connectivity index (χ2n) is 15.4. The van der Waals surface area contributed by atoms with Gasteiger partial charge in [-0.25, -0.2) is 0 Å². The number of aryl methyl sites for hydroxylation is 1. The molecule has 8 N–H and O–H groups in total. The van der Waals surface area contributed by atoms with Crippen molar-refractivity contribution in [3.05, 3.63) is 191 Å². The molecule has 0 saturated carbocycles. The van der Waals surface area contributed by atoms with Gasteiger partial charge in [-0.3, -0.25) is 39.9 Å². The van der Waals surface area contributed by atoms with Crippen LogP contribution >= 0.6 is 37.9 Å². The Morgan fingerprint density at radius 1 is 0.338 bits per heavy atom. The van der Waals surface area contributed by atoms with Gasteiger partial charge in [-0.05, 0) is 124 Å². The van der Waals surface area contributed by atoms with E-state index >= 15 is 0 Å². The number of thiol groups is 3. The van der Waals surface area contributed by atoms with Crippen molar-refractivity contribution in [3.8, 4) is 22.8 Å². The first-order valence-electron chi connectivity index (χ1n) is 22.1. The average Bonchev–Trinajstić information content (AvgIpc) is 3.42. The van der Waals surface area contributed by atoms with Gasteiger partial charge in [0.15, 0.2) is 0 Å². The van der Waals surface area contributed by atoms with Crippen molar-refractivity contribution in [1.29, 1.82) is 0 Å². The highest BCUT2D eigenvalue weighted by Crippen LogP contribution is 2.32. The van der Waals surface area contributed by atoms with Gasteiger partial charge in [-0.2, -0.15) is 37.9 Å². The summed E-state index contributed by atoms with van der Waals surface area (Å²) in [5.41, 5.74) is 39.3. The van der Waals surface area contributed by atoms with E-state index in [1.165, 1.54) is 21.9 Å². The Bertz CT molecular complexity index is 2840. The highest BCUT2D eigenvalue weighted by atomic mass is 32.1. The number of benzene rings is 2. The second kappa shape index (κ2) is 24.5. The minimum absolute atomic E-state index is 0.458. The smallest absolute Gasteiger partial charge is 0.0968 e. The molecule has 0 spiro atoms. The van der Waals surface area contributed by atoms with Gasteiger partial charge >= 0.3 is 0 Å². The van der Waals surface area contributed by atoms with Crippen molar-refractivity contribution in [1.82, 2.24) is 39.9 Å². The Balaban J connectivity index is 0.000000134. The van der Waals surface area contributed by atoms with E-state index in [1.807, 2.05) is 97.3 Å². The summed E-state index contributed by atoms with van der Waals surface area (Å²) in [4.78, 5) is 35.0. The van der Waals surface area contributed by atoms with E-state index in [4.69, 9.17) is 22.9 Å². The van der Waals surface area contributed by atoms with Crippen molar-refractivity contribution < 1.29 is 0 Å². The van der Waals surface area contributed by atoms with Crippen LogP contribution in [0.3, 0.4) is 0 Å². The molecule has 0 aliphatic rings. The van der Waals surface area contributed by atoms with E-state index in [0.717, 1.165) is 101 Å². The molecular formula is C53H54N12S3. The number of pyridine rings is 8. The molecule has 10 rings (SSSR count). The summed E-state index contributed by atoms with van der Waals surface area (Å²) in [5, 5.41) is 4.48. The Hall–Kier alpha value is -6.43. The minimum Gasteiger partial charge on any atom is -0.326 e. The summed E-state index contributed by atoms with van der Waals surface area (Å²) in [6.45, 7) is 4.11. The number of fused-ring (bicyclic) bond motifs is 6. The van der Waals surface area contributed by atoms with Gasteiger partial charge in [0.25, 0.3) is 0 Å². The van der Waals surface area contributed by atoms with Crippen LogP contribution in [-0.4, -0.2) is 39.9 Å². The molecule has 15 heteroatoms. The molecule has 10 aromatic rings. The van der Waals surface area contributed by atoms with Gasteiger partial charge in [0, 0.05) is 115 Å². The highest BCUT2D eigenvalue weighted by Gasteiger charge is 2.15. The monoisotopic (exact) mass is 954 g/mol. The first kappa shape index (κ1) is 49.5. The van der Waals surface area contributed by atoms with Crippen LogP contribution in [0.5, 0.6) is 0 Å². The van der Waals surface area contributed by atoms with Gasteiger partial charge in [0.2, 0.25) is 0 Å². The van der Waals surface area contributed by atoms with Gasteiger partial charge in [-0.1, -0.05) is 31.2 Å². The molecule has 0 radical (unpaired) electrons.